The van der Waals surface area contributed by atoms with Gasteiger partial charge in [0.1, 0.15) is 11.4 Å². The zero-order valence-electron chi connectivity index (χ0n) is 26.1. The van der Waals surface area contributed by atoms with Gasteiger partial charge < -0.3 is 20.5 Å². The van der Waals surface area contributed by atoms with Crippen LogP contribution in [0.2, 0.25) is 0 Å². The summed E-state index contributed by atoms with van der Waals surface area (Å²) < 4.78 is 10.6. The standard InChI is InChI=1S/C30H36N4O3.C2H6O.C2H6/c1-30(2)16-25(33-28(36)21-7-6-17-4-3-5-18(17)12-21)24-14-20(9-11-26(24)37-30)23-13-19(23)8-10-22-15-27(35)34-29(31)32-22;1-3-2;1-2/h6-7,9,11-12,14,19,22-23,25H,3-5,8,10,13,15-16H2,1-2H3,(H,33,36)(H3,31,32,34,35);1-2H3;1-2H3. The molecule has 42 heavy (non-hydrogen) atoms. The number of carbonyl (C=O) groups excluding carboxylic acids is 2. The van der Waals surface area contributed by atoms with Gasteiger partial charge in [-0.3, -0.25) is 14.9 Å². The molecule has 0 bridgehead atoms. The molecule has 2 aliphatic heterocycles. The van der Waals surface area contributed by atoms with E-state index in [9.17, 15) is 9.59 Å². The van der Waals surface area contributed by atoms with Crippen molar-refractivity contribution < 1.29 is 19.1 Å². The summed E-state index contributed by atoms with van der Waals surface area (Å²) in [5, 5.41) is 5.90. The van der Waals surface area contributed by atoms with Crippen molar-refractivity contribution in [2.45, 2.75) is 103 Å². The molecule has 2 heterocycles. The molecule has 8 nitrogen and oxygen atoms in total. The summed E-state index contributed by atoms with van der Waals surface area (Å²) in [6.07, 6.45) is 7.51. The third-order valence-corrected chi connectivity index (χ3v) is 8.39. The Morgan fingerprint density at radius 2 is 1.86 bits per heavy atom. The van der Waals surface area contributed by atoms with Crippen LogP contribution in [0.5, 0.6) is 5.75 Å². The van der Waals surface area contributed by atoms with Crippen molar-refractivity contribution in [2.24, 2.45) is 16.6 Å². The van der Waals surface area contributed by atoms with Crippen LogP contribution < -0.4 is 21.1 Å². The first kappa shape index (κ1) is 31.5. The number of methoxy groups -OCH3 is 1. The molecule has 228 valence electrons. The van der Waals surface area contributed by atoms with Gasteiger partial charge in [-0.15, -0.1) is 0 Å². The first-order valence-electron chi connectivity index (χ1n) is 15.4. The highest BCUT2D eigenvalue weighted by atomic mass is 16.5. The second-order valence-electron chi connectivity index (χ2n) is 12.2. The monoisotopic (exact) mass is 576 g/mol. The topological polar surface area (TPSA) is 115 Å². The van der Waals surface area contributed by atoms with Crippen LogP contribution in [0.3, 0.4) is 0 Å². The van der Waals surface area contributed by atoms with Crippen molar-refractivity contribution >= 4 is 17.8 Å². The van der Waals surface area contributed by atoms with E-state index in [-0.39, 0.29) is 35.5 Å². The molecule has 1 saturated carbocycles. The Bertz CT molecular complexity index is 1300. The second kappa shape index (κ2) is 13.7. The molecule has 2 aromatic carbocycles. The van der Waals surface area contributed by atoms with Crippen LogP contribution in [0.1, 0.15) is 111 Å². The van der Waals surface area contributed by atoms with E-state index in [1.54, 1.807) is 14.2 Å². The molecule has 4 N–H and O–H groups in total. The van der Waals surface area contributed by atoms with Gasteiger partial charge in [0.05, 0.1) is 12.1 Å². The van der Waals surface area contributed by atoms with Crippen LogP contribution in [0.15, 0.2) is 41.4 Å². The molecule has 0 radical (unpaired) electrons. The molecule has 4 unspecified atom stereocenters. The fourth-order valence-corrected chi connectivity index (χ4v) is 6.42. The van der Waals surface area contributed by atoms with Crippen molar-refractivity contribution in [3.05, 3.63) is 64.2 Å². The van der Waals surface area contributed by atoms with Gasteiger partial charge in [0, 0.05) is 38.2 Å². The van der Waals surface area contributed by atoms with E-state index in [1.165, 1.54) is 23.1 Å². The highest BCUT2D eigenvalue weighted by Gasteiger charge is 2.41. The largest absolute Gasteiger partial charge is 0.487 e. The average molecular weight is 577 g/mol. The number of rotatable bonds is 6. The maximum atomic E-state index is 13.3. The lowest BCUT2D eigenvalue weighted by Gasteiger charge is -2.38. The summed E-state index contributed by atoms with van der Waals surface area (Å²) in [7, 11) is 3.25. The molecule has 0 saturated heterocycles. The van der Waals surface area contributed by atoms with Crippen molar-refractivity contribution in [1.29, 1.82) is 0 Å². The highest BCUT2D eigenvalue weighted by Crippen LogP contribution is 2.52. The predicted molar refractivity (Wildman–Crippen MR) is 167 cm³/mol. The third kappa shape index (κ3) is 7.71. The minimum atomic E-state index is -0.360. The first-order valence-corrected chi connectivity index (χ1v) is 15.4. The number of benzene rings is 2. The fourth-order valence-electron chi connectivity index (χ4n) is 6.42. The van der Waals surface area contributed by atoms with Gasteiger partial charge in [-0.1, -0.05) is 26.0 Å². The number of aryl methyl sites for hydroxylation is 2. The molecule has 2 amide bonds. The Morgan fingerprint density at radius 3 is 2.60 bits per heavy atom. The zero-order valence-corrected chi connectivity index (χ0v) is 26.1. The number of hydrogen-bond acceptors (Lipinski definition) is 6. The van der Waals surface area contributed by atoms with Crippen molar-refractivity contribution in [3.8, 4) is 5.75 Å². The minimum absolute atomic E-state index is 0.0191. The number of nitrogens with two attached hydrogens (primary N) is 1. The van der Waals surface area contributed by atoms with Crippen molar-refractivity contribution in [1.82, 2.24) is 10.6 Å². The van der Waals surface area contributed by atoms with E-state index in [0.717, 1.165) is 55.4 Å². The van der Waals surface area contributed by atoms with Crippen LogP contribution in [0.4, 0.5) is 0 Å². The Balaban J connectivity index is 0.000000763. The van der Waals surface area contributed by atoms with E-state index < -0.39 is 0 Å². The number of hydrogen-bond donors (Lipinski definition) is 3. The molecule has 8 heteroatoms. The minimum Gasteiger partial charge on any atom is -0.487 e. The summed E-state index contributed by atoms with van der Waals surface area (Å²) in [5.41, 5.74) is 11.2. The predicted octanol–water partition coefficient (Wildman–Crippen LogP) is 5.58. The lowest BCUT2D eigenvalue weighted by atomic mass is 9.88. The summed E-state index contributed by atoms with van der Waals surface area (Å²) in [4.78, 5) is 29.4. The molecule has 1 fully saturated rings. The van der Waals surface area contributed by atoms with E-state index in [2.05, 4.69) is 64.5 Å². The van der Waals surface area contributed by atoms with E-state index in [4.69, 9.17) is 10.5 Å². The van der Waals surface area contributed by atoms with Crippen molar-refractivity contribution in [2.75, 3.05) is 14.2 Å². The highest BCUT2D eigenvalue weighted by molar-refractivity contribution is 5.98. The molecule has 4 aliphatic rings. The van der Waals surface area contributed by atoms with Crippen LogP contribution in [-0.4, -0.2) is 43.6 Å². The van der Waals surface area contributed by atoms with Gasteiger partial charge in [0.2, 0.25) is 5.91 Å². The average Bonchev–Trinajstić information content (AvgIpc) is 3.57. The molecule has 2 aliphatic carbocycles. The first-order chi connectivity index (χ1) is 20.2. The SMILES string of the molecule is CC.CC1(C)CC(NC(=O)c2ccc3c(c2)CCC3)c2cc(C3CC3CCC3CC(=O)NC(N)=N3)ccc2O1.COC. The Labute approximate surface area is 250 Å². The molecular weight excluding hydrogens is 528 g/mol. The van der Waals surface area contributed by atoms with Crippen LogP contribution >= 0.6 is 0 Å². The van der Waals surface area contributed by atoms with Gasteiger partial charge in [-0.25, -0.2) is 4.99 Å². The van der Waals surface area contributed by atoms with Crippen LogP contribution in [0, 0.1) is 5.92 Å². The molecule has 4 atom stereocenters. The van der Waals surface area contributed by atoms with Gasteiger partial charge in [-0.2, -0.15) is 0 Å². The second-order valence-corrected chi connectivity index (χ2v) is 12.2. The number of fused-ring (bicyclic) bond motifs is 2. The smallest absolute Gasteiger partial charge is 0.251 e. The van der Waals surface area contributed by atoms with E-state index >= 15 is 0 Å². The molecule has 2 aromatic rings. The summed E-state index contributed by atoms with van der Waals surface area (Å²) in [6, 6.07) is 12.5. The summed E-state index contributed by atoms with van der Waals surface area (Å²) >= 11 is 0. The number of ether oxygens (including phenoxy) is 2. The fraction of sp³-hybridized carbons (Fsp3) is 0.559. The number of guanidine groups is 1. The zero-order chi connectivity index (χ0) is 30.4. The maximum Gasteiger partial charge on any atom is 0.251 e. The summed E-state index contributed by atoms with van der Waals surface area (Å²) in [5.74, 6) is 2.10. The van der Waals surface area contributed by atoms with Crippen molar-refractivity contribution in [3.63, 3.8) is 0 Å². The Hall–Kier alpha value is -3.39. The van der Waals surface area contributed by atoms with Gasteiger partial charge >= 0.3 is 0 Å². The lowest BCUT2D eigenvalue weighted by molar-refractivity contribution is -0.120. The van der Waals surface area contributed by atoms with Gasteiger partial charge in [0.25, 0.3) is 5.91 Å². The van der Waals surface area contributed by atoms with Gasteiger partial charge in [-0.05, 0) is 105 Å². The molecule has 0 aromatic heterocycles. The number of aliphatic imine (C=N–C) groups is 1. The quantitative estimate of drug-likeness (QED) is 0.415. The number of amides is 2. The number of nitrogens with one attached hydrogen (secondary N) is 2. The van der Waals surface area contributed by atoms with E-state index in [0.29, 0.717) is 18.3 Å². The third-order valence-electron chi connectivity index (χ3n) is 8.39. The Kier molecular flexibility index (Phi) is 10.3. The molecule has 6 rings (SSSR count). The van der Waals surface area contributed by atoms with Crippen LogP contribution in [0.25, 0.3) is 0 Å². The maximum absolute atomic E-state index is 13.3. The lowest BCUT2D eigenvalue weighted by Crippen LogP contribution is -2.43. The number of nitrogens with zero attached hydrogens (tertiary/aromatic N) is 1. The van der Waals surface area contributed by atoms with Crippen LogP contribution in [-0.2, 0) is 22.4 Å². The van der Waals surface area contributed by atoms with Gasteiger partial charge in [0.15, 0.2) is 5.96 Å². The normalized spacial score (nSPS) is 24.6. The number of carbonyl (C=O) groups is 2. The Morgan fingerprint density at radius 1 is 1.12 bits per heavy atom. The van der Waals surface area contributed by atoms with E-state index in [1.807, 2.05) is 19.9 Å². The molecule has 0 spiro atoms. The summed E-state index contributed by atoms with van der Waals surface area (Å²) in [6.45, 7) is 8.16. The molecular formula is C34H48N4O4.